The number of nitrogens with one attached hydrogen (secondary N) is 2. The molecule has 0 aliphatic rings. The molecule has 28 heavy (non-hydrogen) atoms. The zero-order valence-electron chi connectivity index (χ0n) is 15.9. The van der Waals surface area contributed by atoms with Gasteiger partial charge in [-0.15, -0.1) is 0 Å². The van der Waals surface area contributed by atoms with Gasteiger partial charge in [0.1, 0.15) is 0 Å². The Bertz CT molecular complexity index is 853. The molecule has 0 heterocycles. The second-order valence-electron chi connectivity index (χ2n) is 6.32. The SMILES string of the molecule is Cc1c(Br)ccc(NC(=O)COC(=O)CCCC(=O)Nc2ccccc2)c1C. The highest BCUT2D eigenvalue weighted by Gasteiger charge is 2.11. The minimum atomic E-state index is -0.508. The first-order valence-corrected chi connectivity index (χ1v) is 9.72. The predicted molar refractivity (Wildman–Crippen MR) is 112 cm³/mol. The summed E-state index contributed by atoms with van der Waals surface area (Å²) in [5, 5.41) is 5.48. The number of esters is 1. The van der Waals surface area contributed by atoms with Crippen molar-refractivity contribution in [3.8, 4) is 0 Å². The molecule has 7 heteroatoms. The van der Waals surface area contributed by atoms with Crippen LogP contribution in [0.25, 0.3) is 0 Å². The Kier molecular flexibility index (Phi) is 8.19. The van der Waals surface area contributed by atoms with E-state index in [2.05, 4.69) is 26.6 Å². The Morgan fingerprint density at radius 1 is 0.893 bits per heavy atom. The van der Waals surface area contributed by atoms with Gasteiger partial charge in [-0.3, -0.25) is 14.4 Å². The number of ether oxygens (including phenoxy) is 1. The molecule has 0 saturated heterocycles. The minimum Gasteiger partial charge on any atom is -0.456 e. The lowest BCUT2D eigenvalue weighted by Crippen LogP contribution is -2.21. The number of hydrogen-bond donors (Lipinski definition) is 2. The van der Waals surface area contributed by atoms with Crippen molar-refractivity contribution in [1.82, 2.24) is 0 Å². The third-order valence-electron chi connectivity index (χ3n) is 4.20. The van der Waals surface area contributed by atoms with Crippen molar-refractivity contribution < 1.29 is 19.1 Å². The molecule has 0 spiro atoms. The van der Waals surface area contributed by atoms with Crippen molar-refractivity contribution >= 4 is 45.1 Å². The Morgan fingerprint density at radius 2 is 1.61 bits per heavy atom. The zero-order valence-corrected chi connectivity index (χ0v) is 17.5. The highest BCUT2D eigenvalue weighted by molar-refractivity contribution is 9.10. The number of carbonyl (C=O) groups excluding carboxylic acids is 3. The largest absolute Gasteiger partial charge is 0.456 e. The van der Waals surface area contributed by atoms with Gasteiger partial charge < -0.3 is 15.4 Å². The third-order valence-corrected chi connectivity index (χ3v) is 5.06. The molecule has 0 unspecified atom stereocenters. The van der Waals surface area contributed by atoms with Gasteiger partial charge in [0.2, 0.25) is 5.91 Å². The number of hydrogen-bond acceptors (Lipinski definition) is 4. The van der Waals surface area contributed by atoms with Gasteiger partial charge in [-0.2, -0.15) is 0 Å². The fraction of sp³-hybridized carbons (Fsp3) is 0.286. The van der Waals surface area contributed by atoms with Crippen molar-refractivity contribution in [2.24, 2.45) is 0 Å². The molecule has 0 saturated carbocycles. The maximum absolute atomic E-state index is 12.0. The fourth-order valence-electron chi connectivity index (χ4n) is 2.47. The standard InChI is InChI=1S/C21H23BrN2O4/c1-14-15(2)18(12-11-17(14)22)24-20(26)13-28-21(27)10-6-9-19(25)23-16-7-4-3-5-8-16/h3-5,7-8,11-12H,6,9-10,13H2,1-2H3,(H,23,25)(H,24,26). The molecular weight excluding hydrogens is 424 g/mol. The van der Waals surface area contributed by atoms with E-state index in [0.717, 1.165) is 15.6 Å². The van der Waals surface area contributed by atoms with Crippen molar-refractivity contribution in [2.45, 2.75) is 33.1 Å². The quantitative estimate of drug-likeness (QED) is 0.590. The monoisotopic (exact) mass is 446 g/mol. The average Bonchev–Trinajstić information content (AvgIpc) is 2.67. The lowest BCUT2D eigenvalue weighted by molar-refractivity contribution is -0.147. The summed E-state index contributed by atoms with van der Waals surface area (Å²) < 4.78 is 5.94. The number of amides is 2. The van der Waals surface area contributed by atoms with Crippen molar-refractivity contribution in [3.63, 3.8) is 0 Å². The van der Waals surface area contributed by atoms with E-state index in [4.69, 9.17) is 4.74 Å². The van der Waals surface area contributed by atoms with E-state index in [9.17, 15) is 14.4 Å². The number of anilines is 2. The molecule has 0 atom stereocenters. The van der Waals surface area contributed by atoms with Crippen LogP contribution in [0.5, 0.6) is 0 Å². The Hall–Kier alpha value is -2.67. The molecule has 0 aliphatic carbocycles. The second kappa shape index (κ2) is 10.6. The van der Waals surface area contributed by atoms with Crippen LogP contribution in [0, 0.1) is 13.8 Å². The van der Waals surface area contributed by atoms with Gasteiger partial charge in [0, 0.05) is 28.7 Å². The first-order chi connectivity index (χ1) is 13.4. The summed E-state index contributed by atoms with van der Waals surface area (Å²) in [5.74, 6) is -1.08. The van der Waals surface area contributed by atoms with E-state index < -0.39 is 11.9 Å². The molecule has 0 bridgehead atoms. The maximum atomic E-state index is 12.0. The molecule has 2 aromatic rings. The zero-order chi connectivity index (χ0) is 20.5. The van der Waals surface area contributed by atoms with Crippen molar-refractivity contribution in [2.75, 3.05) is 17.2 Å². The topological polar surface area (TPSA) is 84.5 Å². The smallest absolute Gasteiger partial charge is 0.306 e. The predicted octanol–water partition coefficient (Wildman–Crippen LogP) is 4.36. The van der Waals surface area contributed by atoms with Crippen LogP contribution in [0.2, 0.25) is 0 Å². The molecule has 2 amide bonds. The van der Waals surface area contributed by atoms with Gasteiger partial charge in [0.15, 0.2) is 6.61 Å². The molecule has 2 N–H and O–H groups in total. The van der Waals surface area contributed by atoms with Crippen LogP contribution in [0.3, 0.4) is 0 Å². The van der Waals surface area contributed by atoms with E-state index in [1.807, 2.05) is 38.1 Å². The van der Waals surface area contributed by atoms with Crippen LogP contribution in [0.4, 0.5) is 11.4 Å². The Labute approximate surface area is 172 Å². The number of rotatable bonds is 8. The Morgan fingerprint density at radius 3 is 2.32 bits per heavy atom. The van der Waals surface area contributed by atoms with E-state index >= 15 is 0 Å². The van der Waals surface area contributed by atoms with Crippen LogP contribution < -0.4 is 10.6 Å². The van der Waals surface area contributed by atoms with E-state index in [1.54, 1.807) is 18.2 Å². The number of halogens is 1. The van der Waals surface area contributed by atoms with E-state index in [-0.39, 0.29) is 25.4 Å². The molecule has 2 rings (SSSR count). The van der Waals surface area contributed by atoms with Crippen molar-refractivity contribution in [3.05, 3.63) is 58.1 Å². The highest BCUT2D eigenvalue weighted by Crippen LogP contribution is 2.25. The lowest BCUT2D eigenvalue weighted by Gasteiger charge is -2.12. The average molecular weight is 447 g/mol. The van der Waals surface area contributed by atoms with Gasteiger partial charge in [0.25, 0.3) is 5.91 Å². The van der Waals surface area contributed by atoms with Crippen LogP contribution in [-0.2, 0) is 19.1 Å². The maximum Gasteiger partial charge on any atom is 0.306 e. The van der Waals surface area contributed by atoms with Gasteiger partial charge >= 0.3 is 5.97 Å². The first kappa shape index (κ1) is 21.6. The summed E-state index contributed by atoms with van der Waals surface area (Å²) in [4.78, 5) is 35.6. The summed E-state index contributed by atoms with van der Waals surface area (Å²) in [6, 6.07) is 12.7. The molecule has 0 fully saturated rings. The summed E-state index contributed by atoms with van der Waals surface area (Å²) >= 11 is 3.44. The second-order valence-corrected chi connectivity index (χ2v) is 7.18. The number of para-hydroxylation sites is 1. The molecule has 2 aromatic carbocycles. The molecule has 6 nitrogen and oxygen atoms in total. The molecule has 0 aliphatic heterocycles. The van der Waals surface area contributed by atoms with Crippen LogP contribution in [-0.4, -0.2) is 24.4 Å². The molecule has 0 radical (unpaired) electrons. The van der Waals surface area contributed by atoms with Crippen LogP contribution >= 0.6 is 15.9 Å². The lowest BCUT2D eigenvalue weighted by atomic mass is 10.1. The first-order valence-electron chi connectivity index (χ1n) is 8.93. The normalized spacial score (nSPS) is 10.2. The number of benzene rings is 2. The fourth-order valence-corrected chi connectivity index (χ4v) is 2.90. The van der Waals surface area contributed by atoms with Gasteiger partial charge in [-0.1, -0.05) is 34.1 Å². The summed E-state index contributed by atoms with van der Waals surface area (Å²) in [5.41, 5.74) is 3.37. The van der Waals surface area contributed by atoms with E-state index in [1.165, 1.54) is 0 Å². The van der Waals surface area contributed by atoms with Crippen LogP contribution in [0.15, 0.2) is 46.9 Å². The third kappa shape index (κ3) is 6.81. The highest BCUT2D eigenvalue weighted by atomic mass is 79.9. The van der Waals surface area contributed by atoms with Crippen molar-refractivity contribution in [1.29, 1.82) is 0 Å². The molecule has 0 aromatic heterocycles. The summed E-state index contributed by atoms with van der Waals surface area (Å²) in [7, 11) is 0. The van der Waals surface area contributed by atoms with Gasteiger partial charge in [-0.05, 0) is 55.7 Å². The van der Waals surface area contributed by atoms with Crippen LogP contribution in [0.1, 0.15) is 30.4 Å². The van der Waals surface area contributed by atoms with Gasteiger partial charge in [0.05, 0.1) is 0 Å². The number of carbonyl (C=O) groups is 3. The van der Waals surface area contributed by atoms with E-state index in [0.29, 0.717) is 17.8 Å². The molecular formula is C21H23BrN2O4. The summed E-state index contributed by atoms with van der Waals surface area (Å²) in [6.07, 6.45) is 0.629. The minimum absolute atomic E-state index is 0.0753. The van der Waals surface area contributed by atoms with Gasteiger partial charge in [-0.25, -0.2) is 0 Å². The summed E-state index contributed by atoms with van der Waals surface area (Å²) in [6.45, 7) is 3.49. The Balaban J connectivity index is 1.67. The molecule has 148 valence electrons.